The Labute approximate surface area is 120 Å². The molecular weight excluding hydrogens is 308 g/mol. The maximum absolute atomic E-state index is 11.9. The van der Waals surface area contributed by atoms with Gasteiger partial charge < -0.3 is 5.73 Å². The van der Waals surface area contributed by atoms with Crippen LogP contribution in [0.25, 0.3) is 11.0 Å². The normalized spacial score (nSPS) is 11.9. The van der Waals surface area contributed by atoms with Gasteiger partial charge in [-0.1, -0.05) is 11.6 Å². The first-order chi connectivity index (χ1) is 9.03. The van der Waals surface area contributed by atoms with Gasteiger partial charge in [-0.15, -0.1) is 0 Å². The molecule has 0 saturated heterocycles. The summed E-state index contributed by atoms with van der Waals surface area (Å²) in [7, 11) is -3.45. The molecule has 0 aliphatic carbocycles. The number of halogens is 1. The molecule has 1 aromatic carbocycles. The number of nitrogens with one attached hydrogen (secondary N) is 1. The molecule has 0 bridgehead atoms. The summed E-state index contributed by atoms with van der Waals surface area (Å²) < 4.78 is 34.5. The first kappa shape index (κ1) is 14.4. The van der Waals surface area contributed by atoms with Crippen molar-refractivity contribution in [3.63, 3.8) is 0 Å². The zero-order valence-corrected chi connectivity index (χ0v) is 12.4. The van der Waals surface area contributed by atoms with Crippen molar-refractivity contribution in [2.75, 3.05) is 17.0 Å². The fourth-order valence-electron chi connectivity index (χ4n) is 1.57. The molecule has 9 heteroatoms. The number of nitrogens with zero attached hydrogens (tertiary/aromatic N) is 2. The third-order valence-electron chi connectivity index (χ3n) is 2.50. The molecule has 0 spiro atoms. The fourth-order valence-corrected chi connectivity index (χ4v) is 3.57. The molecule has 2 aromatic rings. The number of nitrogens with two attached hydrogens (primary N) is 1. The summed E-state index contributed by atoms with van der Waals surface area (Å²) in [5, 5.41) is 0.308. The van der Waals surface area contributed by atoms with E-state index in [1.54, 1.807) is 12.1 Å². The van der Waals surface area contributed by atoms with Gasteiger partial charge in [-0.3, -0.25) is 4.72 Å². The number of rotatable bonds is 6. The number of benzene rings is 1. The first-order valence-corrected chi connectivity index (χ1v) is 8.41. The van der Waals surface area contributed by atoms with Gasteiger partial charge in [0.15, 0.2) is 0 Å². The Morgan fingerprint density at radius 1 is 1.32 bits per heavy atom. The van der Waals surface area contributed by atoms with Crippen molar-refractivity contribution in [1.29, 1.82) is 0 Å². The lowest BCUT2D eigenvalue weighted by molar-refractivity contribution is 0.597. The van der Waals surface area contributed by atoms with E-state index in [0.29, 0.717) is 41.1 Å². The maximum atomic E-state index is 11.9. The van der Waals surface area contributed by atoms with E-state index in [2.05, 4.69) is 13.5 Å². The molecule has 0 radical (unpaired) electrons. The van der Waals surface area contributed by atoms with Crippen LogP contribution in [0.15, 0.2) is 12.1 Å². The maximum Gasteiger partial charge on any atom is 0.232 e. The van der Waals surface area contributed by atoms with E-state index < -0.39 is 10.0 Å². The number of aromatic nitrogens is 2. The minimum Gasteiger partial charge on any atom is -0.330 e. The molecule has 2 rings (SSSR count). The lowest BCUT2D eigenvalue weighted by Crippen LogP contribution is -2.18. The van der Waals surface area contributed by atoms with E-state index in [4.69, 9.17) is 17.3 Å². The molecule has 0 amide bonds. The highest BCUT2D eigenvalue weighted by Gasteiger charge is 2.16. The molecule has 0 atom stereocenters. The SMILES string of the molecule is NCCCCS(=O)(=O)Nc1c(Cl)ccc2nsnc12. The van der Waals surface area contributed by atoms with Crippen LogP contribution in [0.5, 0.6) is 0 Å². The predicted molar refractivity (Wildman–Crippen MR) is 78.1 cm³/mol. The second kappa shape index (κ2) is 6.00. The number of unbranched alkanes of at least 4 members (excludes halogenated alkanes) is 1. The second-order valence-electron chi connectivity index (χ2n) is 3.97. The monoisotopic (exact) mass is 320 g/mol. The number of hydrogen-bond donors (Lipinski definition) is 2. The van der Waals surface area contributed by atoms with Crippen molar-refractivity contribution in [3.05, 3.63) is 17.2 Å². The van der Waals surface area contributed by atoms with E-state index in [0.717, 1.165) is 11.7 Å². The van der Waals surface area contributed by atoms with Gasteiger partial charge in [0.25, 0.3) is 0 Å². The van der Waals surface area contributed by atoms with Gasteiger partial charge >= 0.3 is 0 Å². The highest BCUT2D eigenvalue weighted by atomic mass is 35.5. The summed E-state index contributed by atoms with van der Waals surface area (Å²) in [6.07, 6.45) is 1.17. The second-order valence-corrected chi connectivity index (χ2v) is 6.75. The van der Waals surface area contributed by atoms with Gasteiger partial charge in [-0.25, -0.2) is 8.42 Å². The molecule has 0 fully saturated rings. The molecule has 6 nitrogen and oxygen atoms in total. The third-order valence-corrected chi connectivity index (χ3v) is 4.70. The molecule has 0 aliphatic rings. The third kappa shape index (κ3) is 3.53. The van der Waals surface area contributed by atoms with Gasteiger partial charge in [0.05, 0.1) is 28.2 Å². The minimum absolute atomic E-state index is 0.00841. The molecule has 0 saturated carbocycles. The Balaban J connectivity index is 2.25. The number of hydrogen-bond acceptors (Lipinski definition) is 6. The number of sulfonamides is 1. The van der Waals surface area contributed by atoms with Crippen LogP contribution in [0.4, 0.5) is 5.69 Å². The van der Waals surface area contributed by atoms with Crippen molar-refractivity contribution in [1.82, 2.24) is 8.75 Å². The van der Waals surface area contributed by atoms with Crippen LogP contribution in [-0.4, -0.2) is 29.5 Å². The summed E-state index contributed by atoms with van der Waals surface area (Å²) in [5.74, 6) is 0.00841. The molecule has 104 valence electrons. The molecule has 1 heterocycles. The van der Waals surface area contributed by atoms with E-state index in [1.165, 1.54) is 0 Å². The summed E-state index contributed by atoms with van der Waals surface area (Å²) in [5.41, 5.74) is 6.73. The summed E-state index contributed by atoms with van der Waals surface area (Å²) in [6, 6.07) is 3.30. The van der Waals surface area contributed by atoms with Crippen molar-refractivity contribution in [2.24, 2.45) is 5.73 Å². The molecule has 0 unspecified atom stereocenters. The lowest BCUT2D eigenvalue weighted by Gasteiger charge is -2.09. The zero-order valence-electron chi connectivity index (χ0n) is 9.97. The highest BCUT2D eigenvalue weighted by molar-refractivity contribution is 7.92. The topological polar surface area (TPSA) is 98.0 Å². The van der Waals surface area contributed by atoms with Crippen LogP contribution < -0.4 is 10.5 Å². The van der Waals surface area contributed by atoms with E-state index in [9.17, 15) is 8.42 Å². The Hall–Kier alpha value is -0.960. The molecule has 1 aromatic heterocycles. The number of fused-ring (bicyclic) bond motifs is 1. The molecule has 3 N–H and O–H groups in total. The van der Waals surface area contributed by atoms with Crippen LogP contribution in [0.1, 0.15) is 12.8 Å². The standard InChI is InChI=1S/C10H13ClN4O2S2/c11-7-3-4-8-10(14-18-13-8)9(7)15-19(16,17)6-2-1-5-12/h3-4,15H,1-2,5-6,12H2. The van der Waals surface area contributed by atoms with Gasteiger partial charge in [-0.2, -0.15) is 8.75 Å². The van der Waals surface area contributed by atoms with Gasteiger partial charge in [-0.05, 0) is 31.5 Å². The van der Waals surface area contributed by atoms with Crippen LogP contribution in [0.2, 0.25) is 5.02 Å². The Morgan fingerprint density at radius 3 is 2.84 bits per heavy atom. The van der Waals surface area contributed by atoms with Crippen LogP contribution in [0.3, 0.4) is 0 Å². The van der Waals surface area contributed by atoms with Crippen molar-refractivity contribution >= 4 is 50.1 Å². The minimum atomic E-state index is -3.45. The van der Waals surface area contributed by atoms with Crippen LogP contribution in [-0.2, 0) is 10.0 Å². The van der Waals surface area contributed by atoms with Crippen molar-refractivity contribution in [2.45, 2.75) is 12.8 Å². The average molecular weight is 321 g/mol. The van der Waals surface area contributed by atoms with Gasteiger partial charge in [0, 0.05) is 0 Å². The number of anilines is 1. The molecule has 19 heavy (non-hydrogen) atoms. The van der Waals surface area contributed by atoms with E-state index in [1.807, 2.05) is 0 Å². The summed E-state index contributed by atoms with van der Waals surface area (Å²) in [6.45, 7) is 0.474. The van der Waals surface area contributed by atoms with Crippen molar-refractivity contribution < 1.29 is 8.42 Å². The Morgan fingerprint density at radius 2 is 2.11 bits per heavy atom. The van der Waals surface area contributed by atoms with Crippen LogP contribution >= 0.6 is 23.3 Å². The zero-order chi connectivity index (χ0) is 13.9. The Kier molecular flexibility index (Phi) is 4.56. The molecule has 0 aliphatic heterocycles. The first-order valence-electron chi connectivity index (χ1n) is 5.65. The summed E-state index contributed by atoms with van der Waals surface area (Å²) in [4.78, 5) is 0. The van der Waals surface area contributed by atoms with E-state index in [-0.39, 0.29) is 5.75 Å². The summed E-state index contributed by atoms with van der Waals surface area (Å²) >= 11 is 7.03. The van der Waals surface area contributed by atoms with Gasteiger partial charge in [0.1, 0.15) is 11.0 Å². The lowest BCUT2D eigenvalue weighted by atomic mass is 10.3. The average Bonchev–Trinajstić information content (AvgIpc) is 2.81. The smallest absolute Gasteiger partial charge is 0.232 e. The van der Waals surface area contributed by atoms with Crippen molar-refractivity contribution in [3.8, 4) is 0 Å². The highest BCUT2D eigenvalue weighted by Crippen LogP contribution is 2.30. The molecular formula is C10H13ClN4O2S2. The quantitative estimate of drug-likeness (QED) is 0.791. The van der Waals surface area contributed by atoms with Gasteiger partial charge in [0.2, 0.25) is 10.0 Å². The van der Waals surface area contributed by atoms with Crippen LogP contribution in [0, 0.1) is 0 Å². The largest absolute Gasteiger partial charge is 0.330 e. The van der Waals surface area contributed by atoms with E-state index >= 15 is 0 Å². The fraction of sp³-hybridized carbons (Fsp3) is 0.400. The Bertz CT molecular complexity index is 671. The predicted octanol–water partition coefficient (Wildman–Crippen LogP) is 1.83.